The average Bonchev–Trinajstić information content (AvgIpc) is 2.40. The van der Waals surface area contributed by atoms with Gasteiger partial charge in [0, 0.05) is 26.1 Å². The molecule has 98 valence electrons. The zero-order chi connectivity index (χ0) is 13.2. The quantitative estimate of drug-likeness (QED) is 0.648. The summed E-state index contributed by atoms with van der Waals surface area (Å²) in [5.41, 5.74) is 0. The highest BCUT2D eigenvalue weighted by Crippen LogP contribution is 2.23. The fourth-order valence-corrected chi connectivity index (χ4v) is 1.85. The maximum Gasteiger partial charge on any atom is 0.490 e. The van der Waals surface area contributed by atoms with E-state index in [0.717, 1.165) is 19.5 Å². The largest absolute Gasteiger partial charge is 0.490 e. The van der Waals surface area contributed by atoms with Gasteiger partial charge in [-0.05, 0) is 6.42 Å². The van der Waals surface area contributed by atoms with Gasteiger partial charge in [-0.15, -0.1) is 0 Å². The number of carbonyl (C=O) groups excluding carboxylic acids is 1. The normalized spacial score (nSPS) is 26.5. The Morgan fingerprint density at radius 1 is 1.41 bits per heavy atom. The van der Waals surface area contributed by atoms with Crippen LogP contribution in [0.4, 0.5) is 13.2 Å². The van der Waals surface area contributed by atoms with Gasteiger partial charge in [0.25, 0.3) is 0 Å². The van der Waals surface area contributed by atoms with Crippen LogP contribution in [-0.2, 0) is 9.59 Å². The van der Waals surface area contributed by atoms with Gasteiger partial charge in [0.15, 0.2) is 0 Å². The summed E-state index contributed by atoms with van der Waals surface area (Å²) in [6.45, 7) is 3.61. The molecule has 17 heavy (non-hydrogen) atoms. The maximum atomic E-state index is 10.9. The minimum absolute atomic E-state index is 0.231. The van der Waals surface area contributed by atoms with E-state index in [0.29, 0.717) is 12.1 Å². The predicted molar refractivity (Wildman–Crippen MR) is 51.3 cm³/mol. The third kappa shape index (κ3) is 3.32. The summed E-state index contributed by atoms with van der Waals surface area (Å²) in [7, 11) is 0. The first kappa shape index (κ1) is 13.8. The molecule has 2 N–H and O–H groups in total. The molecule has 0 aliphatic carbocycles. The zero-order valence-corrected chi connectivity index (χ0v) is 9.12. The van der Waals surface area contributed by atoms with Crippen LogP contribution in [0.15, 0.2) is 0 Å². The standard InChI is InChI=1S/C7H12N2O.C2HF3O2/c1-5(10)9-3-2-6-7(9)4-8-6;3-2(4,5)1(6)7/h6-8H,2-4H2,1H3;(H,6,7)/t6-,7-;/m1./s1. The van der Waals surface area contributed by atoms with Gasteiger partial charge in [0.1, 0.15) is 0 Å². The Balaban J connectivity index is 0.000000185. The third-order valence-electron chi connectivity index (χ3n) is 2.78. The Kier molecular flexibility index (Phi) is 3.97. The van der Waals surface area contributed by atoms with Gasteiger partial charge in [-0.3, -0.25) is 4.79 Å². The molecule has 0 bridgehead atoms. The number of aliphatic carboxylic acids is 1. The van der Waals surface area contributed by atoms with Crippen molar-refractivity contribution in [1.29, 1.82) is 0 Å². The summed E-state index contributed by atoms with van der Waals surface area (Å²) < 4.78 is 31.7. The van der Waals surface area contributed by atoms with E-state index in [-0.39, 0.29) is 5.91 Å². The molecule has 0 aromatic rings. The van der Waals surface area contributed by atoms with Crippen LogP contribution in [0.2, 0.25) is 0 Å². The van der Waals surface area contributed by atoms with Gasteiger partial charge in [-0.2, -0.15) is 13.2 Å². The Hall–Kier alpha value is -1.31. The highest BCUT2D eigenvalue weighted by Gasteiger charge is 2.41. The van der Waals surface area contributed by atoms with Gasteiger partial charge in [-0.1, -0.05) is 0 Å². The van der Waals surface area contributed by atoms with Crippen molar-refractivity contribution in [3.05, 3.63) is 0 Å². The Morgan fingerprint density at radius 3 is 2.12 bits per heavy atom. The van der Waals surface area contributed by atoms with Crippen LogP contribution < -0.4 is 5.32 Å². The fraction of sp³-hybridized carbons (Fsp3) is 0.778. The molecule has 5 nitrogen and oxygen atoms in total. The van der Waals surface area contributed by atoms with E-state index < -0.39 is 12.1 Å². The molecule has 2 rings (SSSR count). The molecule has 0 saturated carbocycles. The first-order chi connectivity index (χ1) is 7.73. The number of hydrogen-bond donors (Lipinski definition) is 2. The molecule has 2 heterocycles. The molecule has 2 fully saturated rings. The number of hydrogen-bond acceptors (Lipinski definition) is 3. The second kappa shape index (κ2) is 4.91. The summed E-state index contributed by atoms with van der Waals surface area (Å²) in [4.78, 5) is 21.8. The molecular formula is C9H13F3N2O3. The number of amides is 1. The number of carbonyl (C=O) groups is 2. The zero-order valence-electron chi connectivity index (χ0n) is 9.12. The van der Waals surface area contributed by atoms with Crippen molar-refractivity contribution in [2.45, 2.75) is 31.6 Å². The molecule has 1 amide bonds. The van der Waals surface area contributed by atoms with Crippen LogP contribution >= 0.6 is 0 Å². The van der Waals surface area contributed by atoms with Gasteiger partial charge in [0.2, 0.25) is 5.91 Å². The molecule has 2 saturated heterocycles. The van der Waals surface area contributed by atoms with Gasteiger partial charge in [-0.25, -0.2) is 4.79 Å². The lowest BCUT2D eigenvalue weighted by molar-refractivity contribution is -0.192. The monoisotopic (exact) mass is 254 g/mol. The van der Waals surface area contributed by atoms with E-state index in [1.807, 2.05) is 4.90 Å². The van der Waals surface area contributed by atoms with Crippen molar-refractivity contribution in [2.75, 3.05) is 13.1 Å². The van der Waals surface area contributed by atoms with Crippen LogP contribution in [0.1, 0.15) is 13.3 Å². The molecule has 2 atom stereocenters. The number of nitrogens with one attached hydrogen (secondary N) is 1. The number of rotatable bonds is 0. The Bertz CT molecular complexity index is 319. The fourth-order valence-electron chi connectivity index (χ4n) is 1.85. The summed E-state index contributed by atoms with van der Waals surface area (Å²) >= 11 is 0. The summed E-state index contributed by atoms with van der Waals surface area (Å²) in [5.74, 6) is -2.53. The van der Waals surface area contributed by atoms with E-state index in [1.54, 1.807) is 6.92 Å². The highest BCUT2D eigenvalue weighted by atomic mass is 19.4. The lowest BCUT2D eigenvalue weighted by Gasteiger charge is -2.36. The molecule has 0 aromatic carbocycles. The lowest BCUT2D eigenvalue weighted by Crippen LogP contribution is -2.60. The number of alkyl halides is 3. The van der Waals surface area contributed by atoms with Crippen LogP contribution in [-0.4, -0.2) is 53.2 Å². The minimum Gasteiger partial charge on any atom is -0.475 e. The van der Waals surface area contributed by atoms with Crippen LogP contribution in [0.25, 0.3) is 0 Å². The first-order valence-electron chi connectivity index (χ1n) is 5.04. The van der Waals surface area contributed by atoms with E-state index in [4.69, 9.17) is 9.90 Å². The minimum atomic E-state index is -5.08. The maximum absolute atomic E-state index is 10.9. The molecule has 0 spiro atoms. The average molecular weight is 254 g/mol. The Morgan fingerprint density at radius 2 is 1.94 bits per heavy atom. The van der Waals surface area contributed by atoms with Gasteiger partial charge < -0.3 is 15.3 Å². The topological polar surface area (TPSA) is 69.6 Å². The molecule has 0 radical (unpaired) electrons. The SMILES string of the molecule is CC(=O)N1CC[C@H]2NC[C@H]21.O=C(O)C(F)(F)F. The molecule has 2 aliphatic heterocycles. The second-order valence-corrected chi connectivity index (χ2v) is 3.89. The van der Waals surface area contributed by atoms with E-state index in [2.05, 4.69) is 5.32 Å². The van der Waals surface area contributed by atoms with Crippen LogP contribution in [0.5, 0.6) is 0 Å². The molecule has 2 aliphatic rings. The highest BCUT2D eigenvalue weighted by molar-refractivity contribution is 5.74. The van der Waals surface area contributed by atoms with Crippen molar-refractivity contribution in [3.8, 4) is 0 Å². The van der Waals surface area contributed by atoms with Crippen molar-refractivity contribution in [2.24, 2.45) is 0 Å². The van der Waals surface area contributed by atoms with E-state index in [1.165, 1.54) is 0 Å². The van der Waals surface area contributed by atoms with Gasteiger partial charge in [0.05, 0.1) is 6.04 Å². The second-order valence-electron chi connectivity index (χ2n) is 3.89. The number of likely N-dealkylation sites (tertiary alicyclic amines) is 1. The Labute approximate surface area is 95.6 Å². The summed E-state index contributed by atoms with van der Waals surface area (Å²) in [5, 5.41) is 10.4. The molecular weight excluding hydrogens is 241 g/mol. The van der Waals surface area contributed by atoms with Crippen molar-refractivity contribution in [1.82, 2.24) is 10.2 Å². The predicted octanol–water partition coefficient (Wildman–Crippen LogP) is 0.212. The van der Waals surface area contributed by atoms with Crippen LogP contribution in [0, 0.1) is 0 Å². The third-order valence-corrected chi connectivity index (χ3v) is 2.78. The van der Waals surface area contributed by atoms with E-state index >= 15 is 0 Å². The molecule has 0 unspecified atom stereocenters. The first-order valence-corrected chi connectivity index (χ1v) is 5.04. The van der Waals surface area contributed by atoms with Crippen molar-refractivity contribution < 1.29 is 27.9 Å². The number of nitrogens with zero attached hydrogens (tertiary/aromatic N) is 1. The smallest absolute Gasteiger partial charge is 0.475 e. The van der Waals surface area contributed by atoms with Crippen LogP contribution in [0.3, 0.4) is 0 Å². The number of carboxylic acid groups (broad SMARTS) is 1. The van der Waals surface area contributed by atoms with Crippen molar-refractivity contribution >= 4 is 11.9 Å². The molecule has 8 heteroatoms. The summed E-state index contributed by atoms with van der Waals surface area (Å²) in [6.07, 6.45) is -3.94. The van der Waals surface area contributed by atoms with E-state index in [9.17, 15) is 18.0 Å². The lowest BCUT2D eigenvalue weighted by atomic mass is 10.0. The molecule has 0 aromatic heterocycles. The number of fused-ring (bicyclic) bond motifs is 1. The summed E-state index contributed by atoms with van der Waals surface area (Å²) in [6, 6.07) is 1.14. The number of carboxylic acids is 1. The van der Waals surface area contributed by atoms with Gasteiger partial charge >= 0.3 is 12.1 Å². The van der Waals surface area contributed by atoms with Crippen molar-refractivity contribution in [3.63, 3.8) is 0 Å². The number of halogens is 3.